The number of nitrogens with zero attached hydrogens (tertiary/aromatic N) is 5. The van der Waals surface area contributed by atoms with Gasteiger partial charge in [0, 0.05) is 24.5 Å². The van der Waals surface area contributed by atoms with Crippen molar-refractivity contribution in [3.05, 3.63) is 65.9 Å². The molecule has 3 aromatic rings. The molecule has 1 aromatic carbocycles. The number of anilines is 1. The van der Waals surface area contributed by atoms with Crippen LogP contribution < -0.4 is 5.32 Å². The number of carbonyl (C=O) groups excluding carboxylic acids is 1. The summed E-state index contributed by atoms with van der Waals surface area (Å²) in [5.74, 6) is 0.346. The second-order valence-corrected chi connectivity index (χ2v) is 7.46. The van der Waals surface area contributed by atoms with E-state index in [4.69, 9.17) is 4.74 Å². The van der Waals surface area contributed by atoms with E-state index in [1.807, 2.05) is 19.1 Å². The van der Waals surface area contributed by atoms with Gasteiger partial charge in [0.1, 0.15) is 12.0 Å². The third-order valence-electron chi connectivity index (χ3n) is 5.07. The first-order valence-electron chi connectivity index (χ1n) is 10.3. The van der Waals surface area contributed by atoms with Crippen molar-refractivity contribution in [1.82, 2.24) is 24.8 Å². The molecule has 1 aliphatic rings. The van der Waals surface area contributed by atoms with Crippen molar-refractivity contribution in [2.75, 3.05) is 25.0 Å². The van der Waals surface area contributed by atoms with E-state index in [-0.39, 0.29) is 18.3 Å². The Kier molecular flexibility index (Phi) is 6.50. The zero-order chi connectivity index (χ0) is 23.4. The minimum absolute atomic E-state index is 0.134. The lowest BCUT2D eigenvalue weighted by Gasteiger charge is -2.36. The number of aryl methyl sites for hydroxylation is 1. The first kappa shape index (κ1) is 22.6. The maximum Gasteiger partial charge on any atom is 0.434 e. The van der Waals surface area contributed by atoms with Gasteiger partial charge >= 0.3 is 6.18 Å². The molecule has 1 atom stereocenters. The Bertz CT molecular complexity index is 1110. The number of nitrogens with one attached hydrogen (secondary N) is 1. The van der Waals surface area contributed by atoms with E-state index in [0.717, 1.165) is 11.8 Å². The first-order valence-corrected chi connectivity index (χ1v) is 10.3. The van der Waals surface area contributed by atoms with Crippen molar-refractivity contribution in [3.63, 3.8) is 0 Å². The summed E-state index contributed by atoms with van der Waals surface area (Å²) in [4.78, 5) is 30.8. The van der Waals surface area contributed by atoms with Crippen LogP contribution in [0.3, 0.4) is 0 Å². The van der Waals surface area contributed by atoms with Crippen LogP contribution in [0, 0.1) is 6.92 Å². The molecule has 0 saturated carbocycles. The van der Waals surface area contributed by atoms with Gasteiger partial charge in [0.05, 0.1) is 31.1 Å². The molecule has 0 bridgehead atoms. The van der Waals surface area contributed by atoms with Crippen LogP contribution in [-0.4, -0.2) is 56.7 Å². The Hall–Kier alpha value is -3.60. The zero-order valence-corrected chi connectivity index (χ0v) is 17.7. The van der Waals surface area contributed by atoms with E-state index >= 15 is 0 Å². The number of carbonyl (C=O) groups is 1. The summed E-state index contributed by atoms with van der Waals surface area (Å²) in [5, 5.41) is 2.90. The Morgan fingerprint density at radius 2 is 1.97 bits per heavy atom. The van der Waals surface area contributed by atoms with Crippen molar-refractivity contribution in [2.24, 2.45) is 0 Å². The number of ether oxygens (including phenoxy) is 1. The number of rotatable bonds is 5. The Morgan fingerprint density at radius 1 is 1.18 bits per heavy atom. The molecule has 1 amide bonds. The number of alkyl halides is 3. The lowest BCUT2D eigenvalue weighted by atomic mass is 10.0. The van der Waals surface area contributed by atoms with E-state index in [1.165, 1.54) is 0 Å². The second-order valence-electron chi connectivity index (χ2n) is 7.46. The molecular weight excluding hydrogens is 437 g/mol. The molecule has 1 unspecified atom stereocenters. The molecule has 2 aromatic heterocycles. The quantitative estimate of drug-likeness (QED) is 0.625. The van der Waals surface area contributed by atoms with Crippen LogP contribution >= 0.6 is 0 Å². The van der Waals surface area contributed by atoms with Crippen molar-refractivity contribution in [3.8, 4) is 11.4 Å². The third-order valence-corrected chi connectivity index (χ3v) is 5.07. The maximum atomic E-state index is 13.5. The third kappa shape index (κ3) is 5.25. The molecule has 4 rings (SSSR count). The summed E-state index contributed by atoms with van der Waals surface area (Å²) in [7, 11) is 0. The Morgan fingerprint density at radius 3 is 2.67 bits per heavy atom. The minimum atomic E-state index is -4.56. The van der Waals surface area contributed by atoms with Crippen molar-refractivity contribution in [1.29, 1.82) is 0 Å². The van der Waals surface area contributed by atoms with Crippen LogP contribution in [-0.2, 0) is 10.9 Å². The van der Waals surface area contributed by atoms with E-state index < -0.39 is 18.1 Å². The summed E-state index contributed by atoms with van der Waals surface area (Å²) in [6.07, 6.45) is 0.340. The highest BCUT2D eigenvalue weighted by Gasteiger charge is 2.33. The zero-order valence-electron chi connectivity index (χ0n) is 17.7. The Labute approximate surface area is 187 Å². The second kappa shape index (κ2) is 9.49. The summed E-state index contributed by atoms with van der Waals surface area (Å²) in [5.41, 5.74) is 0.891. The average Bonchev–Trinajstić information content (AvgIpc) is 2.82. The normalized spacial score (nSPS) is 16.5. The summed E-state index contributed by atoms with van der Waals surface area (Å²) < 4.78 is 43.8. The van der Waals surface area contributed by atoms with Gasteiger partial charge in [-0.2, -0.15) is 13.2 Å². The monoisotopic (exact) mass is 458 g/mol. The number of amides is 1. The smallest absolute Gasteiger partial charge is 0.364 e. The van der Waals surface area contributed by atoms with Crippen molar-refractivity contribution >= 4 is 11.7 Å². The van der Waals surface area contributed by atoms with Gasteiger partial charge in [0.25, 0.3) is 5.91 Å². The van der Waals surface area contributed by atoms with Crippen LogP contribution in [0.1, 0.15) is 28.0 Å². The molecule has 11 heteroatoms. The van der Waals surface area contributed by atoms with Gasteiger partial charge in [0.15, 0.2) is 11.5 Å². The highest BCUT2D eigenvalue weighted by atomic mass is 19.4. The number of halogens is 3. The predicted octanol–water partition coefficient (Wildman–Crippen LogP) is 3.56. The Balaban J connectivity index is 1.53. The van der Waals surface area contributed by atoms with Crippen molar-refractivity contribution in [2.45, 2.75) is 25.7 Å². The number of aromatic nitrogens is 4. The predicted molar refractivity (Wildman–Crippen MR) is 113 cm³/mol. The highest BCUT2D eigenvalue weighted by molar-refractivity contribution is 6.00. The van der Waals surface area contributed by atoms with Crippen LogP contribution in [0.5, 0.6) is 0 Å². The fourth-order valence-corrected chi connectivity index (χ4v) is 3.47. The van der Waals surface area contributed by atoms with Gasteiger partial charge in [-0.1, -0.05) is 17.7 Å². The van der Waals surface area contributed by atoms with Crippen LogP contribution in [0.4, 0.5) is 19.0 Å². The number of hydrogen-bond donors (Lipinski definition) is 1. The topological polar surface area (TPSA) is 93.1 Å². The average molecular weight is 458 g/mol. The van der Waals surface area contributed by atoms with Gasteiger partial charge in [-0.25, -0.2) is 19.9 Å². The molecule has 1 aliphatic heterocycles. The SMILES string of the molecule is Cc1ccc(-c2ncccn2)c(C(=O)N2CCCOC2CNc2cnc(C(F)(F)F)cn2)c1. The van der Waals surface area contributed by atoms with E-state index in [0.29, 0.717) is 42.7 Å². The molecular formula is C22H21F3N6O2. The molecule has 1 fully saturated rings. The first-order chi connectivity index (χ1) is 15.8. The minimum Gasteiger partial charge on any atom is -0.364 e. The standard InChI is InChI=1S/C22H21F3N6O2/c1-14-4-5-15(20-26-6-2-7-27-20)16(10-14)21(32)31-8-3-9-33-19(31)13-30-18-12-28-17(11-29-18)22(23,24)25/h2,4-7,10-12,19H,3,8-9,13H2,1H3,(H,29,30). The molecule has 1 saturated heterocycles. The van der Waals surface area contributed by atoms with E-state index in [9.17, 15) is 18.0 Å². The van der Waals surface area contributed by atoms with Crippen molar-refractivity contribution < 1.29 is 22.7 Å². The number of benzene rings is 1. The molecule has 0 aliphatic carbocycles. The molecule has 8 nitrogen and oxygen atoms in total. The van der Waals surface area contributed by atoms with Gasteiger partial charge < -0.3 is 15.0 Å². The van der Waals surface area contributed by atoms with Gasteiger partial charge in [0.2, 0.25) is 0 Å². The molecule has 0 spiro atoms. The van der Waals surface area contributed by atoms with Crippen LogP contribution in [0.15, 0.2) is 49.1 Å². The maximum absolute atomic E-state index is 13.5. The van der Waals surface area contributed by atoms with Gasteiger partial charge in [-0.3, -0.25) is 4.79 Å². The molecule has 0 radical (unpaired) electrons. The van der Waals surface area contributed by atoms with E-state index in [1.54, 1.807) is 29.4 Å². The van der Waals surface area contributed by atoms with Gasteiger partial charge in [-0.05, 0) is 25.5 Å². The molecule has 3 heterocycles. The fraction of sp³-hybridized carbons (Fsp3) is 0.318. The summed E-state index contributed by atoms with van der Waals surface area (Å²) in [6.45, 7) is 2.94. The lowest BCUT2D eigenvalue weighted by molar-refractivity contribution is -0.141. The number of hydrogen-bond acceptors (Lipinski definition) is 7. The van der Waals surface area contributed by atoms with Gasteiger partial charge in [-0.15, -0.1) is 0 Å². The lowest BCUT2D eigenvalue weighted by Crippen LogP contribution is -2.49. The largest absolute Gasteiger partial charge is 0.434 e. The van der Waals surface area contributed by atoms with Crippen LogP contribution in [0.2, 0.25) is 0 Å². The van der Waals surface area contributed by atoms with E-state index in [2.05, 4.69) is 25.3 Å². The molecule has 172 valence electrons. The summed E-state index contributed by atoms with van der Waals surface area (Å²) >= 11 is 0. The fourth-order valence-electron chi connectivity index (χ4n) is 3.47. The highest BCUT2D eigenvalue weighted by Crippen LogP contribution is 2.27. The van der Waals surface area contributed by atoms with Crippen LogP contribution in [0.25, 0.3) is 11.4 Å². The molecule has 33 heavy (non-hydrogen) atoms. The summed E-state index contributed by atoms with van der Waals surface area (Å²) in [6, 6.07) is 7.18. The molecule has 1 N–H and O–H groups in total.